The summed E-state index contributed by atoms with van der Waals surface area (Å²) in [5.74, 6) is 0.129. The van der Waals surface area contributed by atoms with Crippen LogP contribution in [0.3, 0.4) is 0 Å². The molecule has 2 aliphatic rings. The van der Waals surface area contributed by atoms with E-state index in [0.29, 0.717) is 25.9 Å². The summed E-state index contributed by atoms with van der Waals surface area (Å²) in [6.45, 7) is 5.46. The van der Waals surface area contributed by atoms with Crippen molar-refractivity contribution in [1.29, 1.82) is 0 Å². The molecule has 21 heavy (non-hydrogen) atoms. The number of carbonyl (C=O) groups excluding carboxylic acids is 1. The minimum Gasteiger partial charge on any atom is -0.340 e. The molecule has 0 radical (unpaired) electrons. The van der Waals surface area contributed by atoms with Crippen molar-refractivity contribution in [1.82, 2.24) is 14.5 Å². The molecule has 6 nitrogen and oxygen atoms in total. The Labute approximate surface area is 133 Å². The molecule has 0 aromatic heterocycles. The molecule has 8 heteroatoms. The highest BCUT2D eigenvalue weighted by Crippen LogP contribution is 2.23. The maximum absolute atomic E-state index is 12.6. The van der Waals surface area contributed by atoms with Gasteiger partial charge in [-0.2, -0.15) is 4.31 Å². The number of nitrogens with one attached hydrogen (secondary N) is 1. The van der Waals surface area contributed by atoms with E-state index in [1.807, 2.05) is 11.8 Å². The van der Waals surface area contributed by atoms with Crippen molar-refractivity contribution in [3.05, 3.63) is 0 Å². The zero-order valence-electron chi connectivity index (χ0n) is 12.6. The Morgan fingerprint density at radius 1 is 1.19 bits per heavy atom. The summed E-state index contributed by atoms with van der Waals surface area (Å²) in [6.07, 6.45) is 2.96. The summed E-state index contributed by atoms with van der Waals surface area (Å²) in [5, 5.41) is 3.26. The van der Waals surface area contributed by atoms with Gasteiger partial charge in [0.25, 0.3) is 0 Å². The number of sulfonamides is 1. The molecule has 2 heterocycles. The Morgan fingerprint density at radius 2 is 1.95 bits per heavy atom. The van der Waals surface area contributed by atoms with Gasteiger partial charge in [-0.3, -0.25) is 4.79 Å². The van der Waals surface area contributed by atoms with E-state index in [0.717, 1.165) is 32.5 Å². The first-order valence-electron chi connectivity index (χ1n) is 7.55. The first kappa shape index (κ1) is 18.7. The standard InChI is InChI=1S/C13H25N3O3S.ClH/c1-2-11-20(18,19)16-9-3-5-12(16)13(17)15-8-4-6-14-7-10-15;/h12,14H,2-11H2,1H3;1H. The molecular weight excluding hydrogens is 314 g/mol. The van der Waals surface area contributed by atoms with Crippen LogP contribution in [0.25, 0.3) is 0 Å². The molecular formula is C13H26ClN3O3S. The Bertz CT molecular complexity index is 436. The van der Waals surface area contributed by atoms with Crippen molar-refractivity contribution < 1.29 is 13.2 Å². The van der Waals surface area contributed by atoms with Crippen molar-refractivity contribution in [2.24, 2.45) is 0 Å². The number of amides is 1. The van der Waals surface area contributed by atoms with Crippen molar-refractivity contribution in [3.63, 3.8) is 0 Å². The summed E-state index contributed by atoms with van der Waals surface area (Å²) in [7, 11) is -3.28. The fourth-order valence-electron chi connectivity index (χ4n) is 2.97. The lowest BCUT2D eigenvalue weighted by Gasteiger charge is -2.28. The van der Waals surface area contributed by atoms with E-state index in [4.69, 9.17) is 0 Å². The minimum atomic E-state index is -3.28. The Hall–Kier alpha value is -0.370. The average molecular weight is 340 g/mol. The molecule has 1 N–H and O–H groups in total. The Balaban J connectivity index is 0.00000220. The number of rotatable bonds is 4. The number of hydrogen-bond acceptors (Lipinski definition) is 4. The van der Waals surface area contributed by atoms with E-state index in [1.165, 1.54) is 4.31 Å². The molecule has 0 bridgehead atoms. The predicted octanol–water partition coefficient (Wildman–Crippen LogP) is 0.434. The van der Waals surface area contributed by atoms with E-state index in [-0.39, 0.29) is 24.1 Å². The Morgan fingerprint density at radius 3 is 2.67 bits per heavy atom. The van der Waals surface area contributed by atoms with Crippen LogP contribution in [-0.2, 0) is 14.8 Å². The molecule has 0 aromatic rings. The zero-order valence-corrected chi connectivity index (χ0v) is 14.2. The molecule has 0 aliphatic carbocycles. The first-order valence-corrected chi connectivity index (χ1v) is 9.16. The molecule has 0 spiro atoms. The lowest BCUT2D eigenvalue weighted by atomic mass is 10.2. The normalized spacial score (nSPS) is 24.4. The summed E-state index contributed by atoms with van der Waals surface area (Å²) < 4.78 is 25.9. The van der Waals surface area contributed by atoms with Crippen molar-refractivity contribution in [2.45, 2.75) is 38.6 Å². The molecule has 1 unspecified atom stereocenters. The van der Waals surface area contributed by atoms with Crippen LogP contribution in [-0.4, -0.2) is 68.0 Å². The molecule has 1 atom stereocenters. The van der Waals surface area contributed by atoms with Gasteiger partial charge >= 0.3 is 0 Å². The van der Waals surface area contributed by atoms with Gasteiger partial charge in [-0.05, 0) is 32.2 Å². The van der Waals surface area contributed by atoms with Crippen LogP contribution in [0, 0.1) is 0 Å². The fourth-order valence-corrected chi connectivity index (χ4v) is 4.71. The predicted molar refractivity (Wildman–Crippen MR) is 85.1 cm³/mol. The van der Waals surface area contributed by atoms with Gasteiger partial charge in [0.2, 0.25) is 15.9 Å². The van der Waals surface area contributed by atoms with Crippen LogP contribution in [0.2, 0.25) is 0 Å². The van der Waals surface area contributed by atoms with Crippen LogP contribution < -0.4 is 5.32 Å². The minimum absolute atomic E-state index is 0. The van der Waals surface area contributed by atoms with Gasteiger partial charge in [-0.1, -0.05) is 6.92 Å². The van der Waals surface area contributed by atoms with Crippen molar-refractivity contribution in [3.8, 4) is 0 Å². The molecule has 2 saturated heterocycles. The summed E-state index contributed by atoms with van der Waals surface area (Å²) in [5.41, 5.74) is 0. The van der Waals surface area contributed by atoms with Crippen LogP contribution in [0.1, 0.15) is 32.6 Å². The maximum atomic E-state index is 12.6. The molecule has 124 valence electrons. The number of hydrogen-bond donors (Lipinski definition) is 1. The van der Waals surface area contributed by atoms with Crippen LogP contribution >= 0.6 is 12.4 Å². The third kappa shape index (κ3) is 4.55. The topological polar surface area (TPSA) is 69.7 Å². The number of halogens is 1. The highest BCUT2D eigenvalue weighted by molar-refractivity contribution is 7.89. The van der Waals surface area contributed by atoms with Gasteiger partial charge in [0.1, 0.15) is 6.04 Å². The van der Waals surface area contributed by atoms with Crippen LogP contribution in [0.4, 0.5) is 0 Å². The van der Waals surface area contributed by atoms with Crippen molar-refractivity contribution in [2.75, 3.05) is 38.5 Å². The molecule has 2 fully saturated rings. The summed E-state index contributed by atoms with van der Waals surface area (Å²) in [4.78, 5) is 14.4. The summed E-state index contributed by atoms with van der Waals surface area (Å²) >= 11 is 0. The van der Waals surface area contributed by atoms with E-state index in [9.17, 15) is 13.2 Å². The third-order valence-corrected chi connectivity index (χ3v) is 6.04. The van der Waals surface area contributed by atoms with Crippen LogP contribution in [0.5, 0.6) is 0 Å². The fraction of sp³-hybridized carbons (Fsp3) is 0.923. The summed E-state index contributed by atoms with van der Waals surface area (Å²) in [6, 6.07) is -0.468. The lowest BCUT2D eigenvalue weighted by molar-refractivity contribution is -0.134. The second-order valence-corrected chi connectivity index (χ2v) is 7.55. The molecule has 1 amide bonds. The largest absolute Gasteiger partial charge is 0.340 e. The van der Waals surface area contributed by atoms with Crippen molar-refractivity contribution >= 4 is 28.3 Å². The second-order valence-electron chi connectivity index (χ2n) is 5.51. The van der Waals surface area contributed by atoms with E-state index < -0.39 is 16.1 Å². The van der Waals surface area contributed by atoms with Gasteiger partial charge in [0.05, 0.1) is 5.75 Å². The van der Waals surface area contributed by atoms with Gasteiger partial charge < -0.3 is 10.2 Å². The van der Waals surface area contributed by atoms with E-state index in [2.05, 4.69) is 5.32 Å². The van der Waals surface area contributed by atoms with Gasteiger partial charge in [0.15, 0.2) is 0 Å². The van der Waals surface area contributed by atoms with E-state index in [1.54, 1.807) is 0 Å². The molecule has 2 aliphatic heterocycles. The van der Waals surface area contributed by atoms with Gasteiger partial charge in [0, 0.05) is 26.2 Å². The smallest absolute Gasteiger partial charge is 0.241 e. The van der Waals surface area contributed by atoms with Gasteiger partial charge in [-0.25, -0.2) is 8.42 Å². The van der Waals surface area contributed by atoms with E-state index >= 15 is 0 Å². The Kier molecular flexibility index (Phi) is 7.39. The van der Waals surface area contributed by atoms with Gasteiger partial charge in [-0.15, -0.1) is 12.4 Å². The number of carbonyl (C=O) groups is 1. The zero-order chi connectivity index (χ0) is 14.6. The monoisotopic (exact) mass is 339 g/mol. The molecule has 0 saturated carbocycles. The molecule has 2 rings (SSSR count). The third-order valence-electron chi connectivity index (χ3n) is 3.96. The average Bonchev–Trinajstić information content (AvgIpc) is 2.75. The first-order chi connectivity index (χ1) is 9.56. The highest BCUT2D eigenvalue weighted by atomic mass is 35.5. The SMILES string of the molecule is CCCS(=O)(=O)N1CCCC1C(=O)N1CCCNCC1.Cl. The van der Waals surface area contributed by atoms with Crippen LogP contribution in [0.15, 0.2) is 0 Å². The maximum Gasteiger partial charge on any atom is 0.241 e. The second kappa shape index (κ2) is 8.31. The lowest BCUT2D eigenvalue weighted by Crippen LogP contribution is -2.49. The molecule has 0 aromatic carbocycles. The number of nitrogens with zero attached hydrogens (tertiary/aromatic N) is 2. The quantitative estimate of drug-likeness (QED) is 0.806. The highest BCUT2D eigenvalue weighted by Gasteiger charge is 2.39.